The number of hydrogen-bond acceptors (Lipinski definition) is 2. The van der Waals surface area contributed by atoms with Crippen LogP contribution in [0.4, 0.5) is 0 Å². The molecule has 0 rings (SSSR count). The first kappa shape index (κ1) is 13.0. The highest BCUT2D eigenvalue weighted by atomic mass is 16.4. The van der Waals surface area contributed by atoms with Crippen LogP contribution in [0.5, 0.6) is 0 Å². The zero-order valence-electron chi connectivity index (χ0n) is 8.83. The third-order valence-corrected chi connectivity index (χ3v) is 2.23. The van der Waals surface area contributed by atoms with Gasteiger partial charge in [-0.3, -0.25) is 0 Å². The molecular formula is C11H20O3. The number of aliphatic hydroxyl groups is 1. The van der Waals surface area contributed by atoms with Gasteiger partial charge in [-0.15, -0.1) is 0 Å². The summed E-state index contributed by atoms with van der Waals surface area (Å²) in [4.78, 5) is 10.5. The Balaban J connectivity index is 3.39. The summed E-state index contributed by atoms with van der Waals surface area (Å²) in [6.45, 7) is 2.16. The molecular weight excluding hydrogens is 180 g/mol. The van der Waals surface area contributed by atoms with Gasteiger partial charge in [0.25, 0.3) is 0 Å². The zero-order chi connectivity index (χ0) is 10.8. The Morgan fingerprint density at radius 1 is 1.14 bits per heavy atom. The first-order chi connectivity index (χ1) is 6.72. The fourth-order valence-corrected chi connectivity index (χ4v) is 1.32. The molecule has 0 fully saturated rings. The summed E-state index contributed by atoms with van der Waals surface area (Å²) in [7, 11) is 0. The molecule has 0 bridgehead atoms. The first-order valence-electron chi connectivity index (χ1n) is 5.29. The normalized spacial score (nSPS) is 11.6. The minimum Gasteiger partial charge on any atom is -0.515 e. The van der Waals surface area contributed by atoms with Crippen molar-refractivity contribution in [3.05, 3.63) is 11.8 Å². The van der Waals surface area contributed by atoms with Crippen molar-refractivity contribution in [1.29, 1.82) is 0 Å². The Morgan fingerprint density at radius 3 is 2.21 bits per heavy atom. The van der Waals surface area contributed by atoms with Crippen LogP contribution in [0.1, 0.15) is 51.9 Å². The molecule has 0 atom stereocenters. The van der Waals surface area contributed by atoms with Crippen LogP contribution < -0.4 is 0 Å². The highest BCUT2D eigenvalue weighted by Gasteiger charge is 2.05. The smallest absolute Gasteiger partial charge is 0.334 e. The van der Waals surface area contributed by atoms with E-state index in [0.29, 0.717) is 12.7 Å². The molecule has 2 N–H and O–H groups in total. The number of aliphatic hydroxyl groups excluding tert-OH is 1. The third kappa shape index (κ3) is 6.52. The first-order valence-corrected chi connectivity index (χ1v) is 5.29. The van der Waals surface area contributed by atoms with Crippen LogP contribution in [0.25, 0.3) is 0 Å². The second-order valence-corrected chi connectivity index (χ2v) is 3.48. The maximum Gasteiger partial charge on any atom is 0.334 e. The number of carbonyl (C=O) groups is 1. The van der Waals surface area contributed by atoms with E-state index in [2.05, 4.69) is 6.92 Å². The highest BCUT2D eigenvalue weighted by molar-refractivity contribution is 5.86. The van der Waals surface area contributed by atoms with Gasteiger partial charge >= 0.3 is 5.97 Å². The molecule has 0 spiro atoms. The van der Waals surface area contributed by atoms with E-state index in [1.165, 1.54) is 19.3 Å². The zero-order valence-corrected chi connectivity index (χ0v) is 8.83. The van der Waals surface area contributed by atoms with E-state index in [9.17, 15) is 4.79 Å². The number of aliphatic carboxylic acids is 1. The predicted octanol–water partition coefficient (Wildman–Crippen LogP) is 3.26. The van der Waals surface area contributed by atoms with E-state index >= 15 is 0 Å². The van der Waals surface area contributed by atoms with Crippen LogP contribution in [0, 0.1) is 0 Å². The molecule has 0 amide bonds. The Bertz CT molecular complexity index is 185. The van der Waals surface area contributed by atoms with Gasteiger partial charge in [0, 0.05) is 0 Å². The second kappa shape index (κ2) is 8.60. The van der Waals surface area contributed by atoms with Gasteiger partial charge in [-0.05, 0) is 12.8 Å². The Morgan fingerprint density at radius 2 is 1.71 bits per heavy atom. The molecule has 0 unspecified atom stereocenters. The SMILES string of the molecule is CCCCCCCCC(=CO)C(=O)O. The van der Waals surface area contributed by atoms with Crippen molar-refractivity contribution in [1.82, 2.24) is 0 Å². The lowest BCUT2D eigenvalue weighted by Crippen LogP contribution is -2.00. The lowest BCUT2D eigenvalue weighted by Gasteiger charge is -2.01. The van der Waals surface area contributed by atoms with Crippen molar-refractivity contribution in [2.45, 2.75) is 51.9 Å². The van der Waals surface area contributed by atoms with Crippen molar-refractivity contribution < 1.29 is 15.0 Å². The maximum absolute atomic E-state index is 10.5. The molecule has 82 valence electrons. The van der Waals surface area contributed by atoms with Crippen LogP contribution in [-0.4, -0.2) is 16.2 Å². The van der Waals surface area contributed by atoms with E-state index in [1.54, 1.807) is 0 Å². The summed E-state index contributed by atoms with van der Waals surface area (Å²) in [5.74, 6) is -1.01. The van der Waals surface area contributed by atoms with Gasteiger partial charge in [-0.2, -0.15) is 0 Å². The van der Waals surface area contributed by atoms with Crippen molar-refractivity contribution in [2.24, 2.45) is 0 Å². The second-order valence-electron chi connectivity index (χ2n) is 3.48. The monoisotopic (exact) mass is 200 g/mol. The fraction of sp³-hybridized carbons (Fsp3) is 0.727. The van der Waals surface area contributed by atoms with E-state index < -0.39 is 5.97 Å². The van der Waals surface area contributed by atoms with E-state index in [1.807, 2.05) is 0 Å². The standard InChI is InChI=1S/C11H20O3/c1-2-3-4-5-6-7-8-10(9-12)11(13)14/h9,12H,2-8H2,1H3,(H,13,14). The van der Waals surface area contributed by atoms with Crippen molar-refractivity contribution in [3.63, 3.8) is 0 Å². The average molecular weight is 200 g/mol. The number of unbranched alkanes of at least 4 members (excludes halogenated alkanes) is 5. The molecule has 3 nitrogen and oxygen atoms in total. The van der Waals surface area contributed by atoms with E-state index in [4.69, 9.17) is 10.2 Å². The van der Waals surface area contributed by atoms with Crippen molar-refractivity contribution >= 4 is 5.97 Å². The summed E-state index contributed by atoms with van der Waals surface area (Å²) < 4.78 is 0. The van der Waals surface area contributed by atoms with Gasteiger partial charge in [-0.1, -0.05) is 39.0 Å². The Hall–Kier alpha value is -0.990. The minimum absolute atomic E-state index is 0.112. The molecule has 0 aliphatic heterocycles. The molecule has 0 aliphatic carbocycles. The van der Waals surface area contributed by atoms with Gasteiger partial charge in [0.1, 0.15) is 0 Å². The molecule has 0 saturated heterocycles. The number of rotatable bonds is 8. The van der Waals surface area contributed by atoms with Crippen LogP contribution in [0.3, 0.4) is 0 Å². The minimum atomic E-state index is -1.01. The molecule has 3 heteroatoms. The van der Waals surface area contributed by atoms with Gasteiger partial charge < -0.3 is 10.2 Å². The molecule has 0 aromatic heterocycles. The summed E-state index contributed by atoms with van der Waals surface area (Å²) >= 11 is 0. The number of hydrogen-bond donors (Lipinski definition) is 2. The molecule has 0 heterocycles. The quantitative estimate of drug-likeness (QED) is 0.359. The molecule has 14 heavy (non-hydrogen) atoms. The molecule has 0 radical (unpaired) electrons. The summed E-state index contributed by atoms with van der Waals surface area (Å²) in [6.07, 6.45) is 7.92. The van der Waals surface area contributed by atoms with Crippen molar-refractivity contribution in [3.8, 4) is 0 Å². The number of carboxylic acids is 1. The Labute approximate surface area is 85.4 Å². The number of carboxylic acid groups (broad SMARTS) is 1. The van der Waals surface area contributed by atoms with E-state index in [0.717, 1.165) is 19.3 Å². The Kier molecular flexibility index (Phi) is 7.99. The largest absolute Gasteiger partial charge is 0.515 e. The predicted molar refractivity (Wildman–Crippen MR) is 56.3 cm³/mol. The van der Waals surface area contributed by atoms with Crippen LogP contribution in [-0.2, 0) is 4.79 Å². The van der Waals surface area contributed by atoms with Crippen molar-refractivity contribution in [2.75, 3.05) is 0 Å². The maximum atomic E-state index is 10.5. The third-order valence-electron chi connectivity index (χ3n) is 2.23. The van der Waals surface area contributed by atoms with Crippen LogP contribution >= 0.6 is 0 Å². The van der Waals surface area contributed by atoms with Crippen LogP contribution in [0.2, 0.25) is 0 Å². The highest BCUT2D eigenvalue weighted by Crippen LogP contribution is 2.11. The molecule has 0 saturated carbocycles. The fourth-order valence-electron chi connectivity index (χ4n) is 1.32. The van der Waals surface area contributed by atoms with Crippen LogP contribution in [0.15, 0.2) is 11.8 Å². The average Bonchev–Trinajstić information content (AvgIpc) is 2.16. The summed E-state index contributed by atoms with van der Waals surface area (Å²) in [6, 6.07) is 0. The van der Waals surface area contributed by atoms with Gasteiger partial charge in [0.2, 0.25) is 0 Å². The van der Waals surface area contributed by atoms with Gasteiger partial charge in [0.15, 0.2) is 0 Å². The topological polar surface area (TPSA) is 57.5 Å². The summed E-state index contributed by atoms with van der Waals surface area (Å²) in [5.41, 5.74) is 0.112. The molecule has 0 aromatic rings. The molecule has 0 aliphatic rings. The lowest BCUT2D eigenvalue weighted by molar-refractivity contribution is -0.132. The van der Waals surface area contributed by atoms with Gasteiger partial charge in [-0.25, -0.2) is 4.79 Å². The van der Waals surface area contributed by atoms with Gasteiger partial charge in [0.05, 0.1) is 11.8 Å². The summed E-state index contributed by atoms with van der Waals surface area (Å²) in [5, 5.41) is 17.2. The lowest BCUT2D eigenvalue weighted by atomic mass is 10.1. The molecule has 0 aromatic carbocycles. The van der Waals surface area contributed by atoms with E-state index in [-0.39, 0.29) is 5.57 Å².